The zero-order chi connectivity index (χ0) is 11.5. The Morgan fingerprint density at radius 3 is 2.88 bits per heavy atom. The van der Waals surface area contributed by atoms with Crippen molar-refractivity contribution in [3.63, 3.8) is 0 Å². The predicted octanol–water partition coefficient (Wildman–Crippen LogP) is 2.27. The van der Waals surface area contributed by atoms with E-state index in [1.807, 2.05) is 0 Å². The van der Waals surface area contributed by atoms with Crippen molar-refractivity contribution >= 4 is 0 Å². The van der Waals surface area contributed by atoms with Crippen molar-refractivity contribution in [2.75, 3.05) is 13.1 Å². The lowest BCUT2D eigenvalue weighted by Crippen LogP contribution is -2.38. The second kappa shape index (κ2) is 5.19. The van der Waals surface area contributed by atoms with Gasteiger partial charge in [-0.1, -0.05) is 36.8 Å². The fourth-order valence-corrected chi connectivity index (χ4v) is 2.91. The van der Waals surface area contributed by atoms with E-state index in [1.54, 1.807) is 0 Å². The summed E-state index contributed by atoms with van der Waals surface area (Å²) in [5, 5.41) is 7.34. The second-order valence-corrected chi connectivity index (χ2v) is 5.42. The monoisotopic (exact) mass is 230 g/mol. The molecule has 0 spiro atoms. The summed E-state index contributed by atoms with van der Waals surface area (Å²) in [5.41, 5.74) is 1.51. The van der Waals surface area contributed by atoms with Gasteiger partial charge in [0.1, 0.15) is 0 Å². The number of rotatable bonds is 3. The molecular formula is C15H22N2. The molecule has 92 valence electrons. The highest BCUT2D eigenvalue weighted by Gasteiger charge is 2.39. The lowest BCUT2D eigenvalue weighted by molar-refractivity contribution is 0.468. The maximum Gasteiger partial charge on any atom is 0.0195 e. The van der Waals surface area contributed by atoms with Crippen LogP contribution in [0.3, 0.4) is 0 Å². The van der Waals surface area contributed by atoms with E-state index < -0.39 is 0 Å². The Morgan fingerprint density at radius 1 is 1.12 bits per heavy atom. The lowest BCUT2D eigenvalue weighted by Gasteiger charge is -2.16. The molecule has 1 aromatic rings. The molecule has 0 aromatic heterocycles. The van der Waals surface area contributed by atoms with Gasteiger partial charge in [-0.3, -0.25) is 0 Å². The molecule has 2 nitrogen and oxygen atoms in total. The fraction of sp³-hybridized carbons (Fsp3) is 0.600. The van der Waals surface area contributed by atoms with Gasteiger partial charge in [0, 0.05) is 24.5 Å². The van der Waals surface area contributed by atoms with Gasteiger partial charge in [-0.15, -0.1) is 0 Å². The summed E-state index contributed by atoms with van der Waals surface area (Å²) in [6, 6.07) is 12.3. The third-order valence-corrected chi connectivity index (χ3v) is 4.01. The van der Waals surface area contributed by atoms with Gasteiger partial charge >= 0.3 is 0 Å². The highest BCUT2D eigenvalue weighted by molar-refractivity contribution is 5.27. The maximum atomic E-state index is 3.82. The van der Waals surface area contributed by atoms with E-state index in [2.05, 4.69) is 41.0 Å². The van der Waals surface area contributed by atoms with Crippen molar-refractivity contribution in [2.45, 2.75) is 43.7 Å². The lowest BCUT2D eigenvalue weighted by atomic mass is 10.1. The van der Waals surface area contributed by atoms with Crippen LogP contribution in [0.1, 0.15) is 37.2 Å². The topological polar surface area (TPSA) is 24.1 Å². The average Bonchev–Trinajstić information content (AvgIpc) is 3.16. The van der Waals surface area contributed by atoms with Crippen LogP contribution >= 0.6 is 0 Å². The molecule has 3 rings (SSSR count). The molecule has 2 heteroatoms. The highest BCUT2D eigenvalue weighted by atomic mass is 15.0. The van der Waals surface area contributed by atoms with Crippen LogP contribution in [0.4, 0.5) is 0 Å². The number of nitrogens with one attached hydrogen (secondary N) is 2. The minimum atomic E-state index is 0.691. The minimum Gasteiger partial charge on any atom is -0.315 e. The normalized spacial score (nSPS) is 33.1. The van der Waals surface area contributed by atoms with Gasteiger partial charge in [0.05, 0.1) is 0 Å². The summed E-state index contributed by atoms with van der Waals surface area (Å²) in [4.78, 5) is 0. The van der Waals surface area contributed by atoms with Crippen LogP contribution in [0.5, 0.6) is 0 Å². The van der Waals surface area contributed by atoms with E-state index in [0.29, 0.717) is 6.04 Å². The summed E-state index contributed by atoms with van der Waals surface area (Å²) in [7, 11) is 0. The molecule has 0 amide bonds. The Labute approximate surface area is 104 Å². The Morgan fingerprint density at radius 2 is 2.00 bits per heavy atom. The number of benzene rings is 1. The quantitative estimate of drug-likeness (QED) is 0.832. The number of hydrogen-bond acceptors (Lipinski definition) is 2. The van der Waals surface area contributed by atoms with E-state index in [4.69, 9.17) is 0 Å². The minimum absolute atomic E-state index is 0.691. The van der Waals surface area contributed by atoms with Gasteiger partial charge in [-0.05, 0) is 31.4 Å². The second-order valence-electron chi connectivity index (χ2n) is 5.42. The van der Waals surface area contributed by atoms with Crippen molar-refractivity contribution in [1.29, 1.82) is 0 Å². The smallest absolute Gasteiger partial charge is 0.0195 e. The molecule has 2 fully saturated rings. The first kappa shape index (κ1) is 11.2. The van der Waals surface area contributed by atoms with Gasteiger partial charge in [0.25, 0.3) is 0 Å². The van der Waals surface area contributed by atoms with Crippen molar-refractivity contribution in [3.8, 4) is 0 Å². The molecule has 0 bridgehead atoms. The molecule has 1 saturated heterocycles. The zero-order valence-electron chi connectivity index (χ0n) is 10.4. The van der Waals surface area contributed by atoms with Crippen molar-refractivity contribution < 1.29 is 0 Å². The van der Waals surface area contributed by atoms with Crippen LogP contribution in [0, 0.1) is 0 Å². The Bertz CT molecular complexity index is 341. The first-order chi connectivity index (χ1) is 8.43. The van der Waals surface area contributed by atoms with Crippen molar-refractivity contribution in [1.82, 2.24) is 10.6 Å². The van der Waals surface area contributed by atoms with Gasteiger partial charge in [-0.2, -0.15) is 0 Å². The third kappa shape index (κ3) is 2.88. The predicted molar refractivity (Wildman–Crippen MR) is 71.2 cm³/mol. The molecule has 2 N–H and O–H groups in total. The SMILES string of the molecule is c1ccc([C@H]2C[C@@H]2NC2CCCCNC2)cc1. The van der Waals surface area contributed by atoms with Crippen molar-refractivity contribution in [2.24, 2.45) is 0 Å². The summed E-state index contributed by atoms with van der Waals surface area (Å²) in [6.07, 6.45) is 5.36. The first-order valence-corrected chi connectivity index (χ1v) is 6.95. The molecular weight excluding hydrogens is 208 g/mol. The Hall–Kier alpha value is -0.860. The van der Waals surface area contributed by atoms with E-state index in [1.165, 1.54) is 37.8 Å². The van der Waals surface area contributed by atoms with Gasteiger partial charge < -0.3 is 10.6 Å². The van der Waals surface area contributed by atoms with E-state index in [-0.39, 0.29) is 0 Å². The molecule has 1 aliphatic heterocycles. The van der Waals surface area contributed by atoms with E-state index >= 15 is 0 Å². The van der Waals surface area contributed by atoms with Crippen LogP contribution in [-0.4, -0.2) is 25.2 Å². The third-order valence-electron chi connectivity index (χ3n) is 4.01. The first-order valence-electron chi connectivity index (χ1n) is 6.95. The zero-order valence-corrected chi connectivity index (χ0v) is 10.4. The Balaban J connectivity index is 1.51. The van der Waals surface area contributed by atoms with Gasteiger partial charge in [-0.25, -0.2) is 0 Å². The van der Waals surface area contributed by atoms with Gasteiger partial charge in [0.2, 0.25) is 0 Å². The van der Waals surface area contributed by atoms with Crippen LogP contribution < -0.4 is 10.6 Å². The van der Waals surface area contributed by atoms with Crippen LogP contribution in [0.25, 0.3) is 0 Å². The molecule has 1 aromatic carbocycles. The summed E-state index contributed by atoms with van der Waals surface area (Å²) >= 11 is 0. The van der Waals surface area contributed by atoms with Crippen LogP contribution in [-0.2, 0) is 0 Å². The molecule has 1 unspecified atom stereocenters. The standard InChI is InChI=1S/C15H22N2/c1-2-6-12(7-3-1)14-10-15(14)17-13-8-4-5-9-16-11-13/h1-3,6-7,13-17H,4-5,8-11H2/t13?,14-,15+/m1/s1. The molecule has 1 saturated carbocycles. The van der Waals surface area contributed by atoms with Crippen LogP contribution in [0.15, 0.2) is 30.3 Å². The average molecular weight is 230 g/mol. The largest absolute Gasteiger partial charge is 0.315 e. The number of hydrogen-bond donors (Lipinski definition) is 2. The molecule has 1 heterocycles. The molecule has 0 radical (unpaired) electrons. The van der Waals surface area contributed by atoms with E-state index in [0.717, 1.165) is 18.5 Å². The summed E-state index contributed by atoms with van der Waals surface area (Å²) in [6.45, 7) is 2.35. The van der Waals surface area contributed by atoms with Crippen molar-refractivity contribution in [3.05, 3.63) is 35.9 Å². The molecule has 17 heavy (non-hydrogen) atoms. The van der Waals surface area contributed by atoms with Gasteiger partial charge in [0.15, 0.2) is 0 Å². The summed E-state index contributed by atoms with van der Waals surface area (Å²) < 4.78 is 0. The summed E-state index contributed by atoms with van der Waals surface area (Å²) in [5.74, 6) is 0.763. The highest BCUT2D eigenvalue weighted by Crippen LogP contribution is 2.41. The maximum absolute atomic E-state index is 3.82. The molecule has 3 atom stereocenters. The van der Waals surface area contributed by atoms with Crippen LogP contribution in [0.2, 0.25) is 0 Å². The molecule has 2 aliphatic rings. The fourth-order valence-electron chi connectivity index (χ4n) is 2.91. The molecule has 1 aliphatic carbocycles. The Kier molecular flexibility index (Phi) is 3.44. The van der Waals surface area contributed by atoms with E-state index in [9.17, 15) is 0 Å².